The number of benzene rings is 1. The SMILES string of the molecule is CCc1nsc(Nc2ccc(CC(C)C(=O)OC)cc2)n1. The van der Waals surface area contributed by atoms with E-state index in [2.05, 4.69) is 14.7 Å². The Balaban J connectivity index is 1.97. The maximum atomic E-state index is 11.4. The number of hydrogen-bond donors (Lipinski definition) is 1. The van der Waals surface area contributed by atoms with Crippen molar-refractivity contribution in [3.8, 4) is 0 Å². The van der Waals surface area contributed by atoms with E-state index in [0.29, 0.717) is 6.42 Å². The Kier molecular flexibility index (Phi) is 5.27. The summed E-state index contributed by atoms with van der Waals surface area (Å²) in [5.41, 5.74) is 2.06. The number of nitrogens with zero attached hydrogens (tertiary/aromatic N) is 2. The summed E-state index contributed by atoms with van der Waals surface area (Å²) in [6.07, 6.45) is 1.51. The summed E-state index contributed by atoms with van der Waals surface area (Å²) < 4.78 is 8.97. The molecule has 21 heavy (non-hydrogen) atoms. The number of nitrogens with one attached hydrogen (secondary N) is 1. The monoisotopic (exact) mass is 305 g/mol. The second-order valence-electron chi connectivity index (χ2n) is 4.82. The maximum absolute atomic E-state index is 11.4. The molecule has 1 atom stereocenters. The minimum atomic E-state index is -0.182. The van der Waals surface area contributed by atoms with Crippen LogP contribution < -0.4 is 5.32 Å². The van der Waals surface area contributed by atoms with Crippen molar-refractivity contribution in [3.63, 3.8) is 0 Å². The highest BCUT2D eigenvalue weighted by molar-refractivity contribution is 7.09. The molecule has 0 aliphatic heterocycles. The van der Waals surface area contributed by atoms with Crippen molar-refractivity contribution in [3.05, 3.63) is 35.7 Å². The molecule has 0 radical (unpaired) electrons. The molecule has 0 spiro atoms. The van der Waals surface area contributed by atoms with Crippen LogP contribution >= 0.6 is 11.5 Å². The van der Waals surface area contributed by atoms with E-state index in [1.165, 1.54) is 18.6 Å². The minimum Gasteiger partial charge on any atom is -0.469 e. The topological polar surface area (TPSA) is 64.1 Å². The molecule has 1 N–H and O–H groups in total. The lowest BCUT2D eigenvalue weighted by Gasteiger charge is -2.09. The average molecular weight is 305 g/mol. The number of rotatable bonds is 6. The molecule has 0 saturated heterocycles. The Morgan fingerprint density at radius 1 is 1.38 bits per heavy atom. The zero-order valence-electron chi connectivity index (χ0n) is 12.4. The molecule has 1 unspecified atom stereocenters. The van der Waals surface area contributed by atoms with Crippen LogP contribution in [-0.4, -0.2) is 22.4 Å². The van der Waals surface area contributed by atoms with Gasteiger partial charge in [-0.1, -0.05) is 26.0 Å². The van der Waals surface area contributed by atoms with E-state index >= 15 is 0 Å². The predicted octanol–water partition coefficient (Wildman–Crippen LogP) is 3.20. The number of carbonyl (C=O) groups is 1. The van der Waals surface area contributed by atoms with Gasteiger partial charge in [-0.15, -0.1) is 0 Å². The standard InChI is InChI=1S/C15H19N3O2S/c1-4-13-17-15(21-18-13)16-12-7-5-11(6-8-12)9-10(2)14(19)20-3/h5-8,10H,4,9H2,1-3H3,(H,16,17,18). The molecule has 112 valence electrons. The van der Waals surface area contributed by atoms with Gasteiger partial charge in [0.25, 0.3) is 0 Å². The van der Waals surface area contributed by atoms with Crippen LogP contribution in [0.5, 0.6) is 0 Å². The van der Waals surface area contributed by atoms with Crippen LogP contribution in [0, 0.1) is 5.92 Å². The van der Waals surface area contributed by atoms with Crippen molar-refractivity contribution in [2.75, 3.05) is 12.4 Å². The molecule has 0 amide bonds. The maximum Gasteiger partial charge on any atom is 0.308 e. The number of hydrogen-bond acceptors (Lipinski definition) is 6. The zero-order valence-corrected chi connectivity index (χ0v) is 13.2. The van der Waals surface area contributed by atoms with Gasteiger partial charge in [-0.05, 0) is 24.1 Å². The zero-order chi connectivity index (χ0) is 15.2. The van der Waals surface area contributed by atoms with Crippen LogP contribution in [0.25, 0.3) is 0 Å². The molecule has 0 aliphatic carbocycles. The van der Waals surface area contributed by atoms with E-state index in [9.17, 15) is 4.79 Å². The number of ether oxygens (including phenoxy) is 1. The summed E-state index contributed by atoms with van der Waals surface area (Å²) in [6, 6.07) is 7.96. The summed E-state index contributed by atoms with van der Waals surface area (Å²) >= 11 is 1.36. The van der Waals surface area contributed by atoms with E-state index in [4.69, 9.17) is 4.74 Å². The molecule has 1 aromatic heterocycles. The van der Waals surface area contributed by atoms with Crippen LogP contribution in [0.2, 0.25) is 0 Å². The van der Waals surface area contributed by atoms with Gasteiger partial charge in [0.1, 0.15) is 5.82 Å². The first-order valence-electron chi connectivity index (χ1n) is 6.88. The third-order valence-electron chi connectivity index (χ3n) is 3.13. The number of aryl methyl sites for hydroxylation is 1. The fourth-order valence-corrected chi connectivity index (χ4v) is 2.61. The van der Waals surface area contributed by atoms with E-state index in [1.54, 1.807) is 0 Å². The number of methoxy groups -OCH3 is 1. The Hall–Kier alpha value is -1.95. The van der Waals surface area contributed by atoms with E-state index < -0.39 is 0 Å². The van der Waals surface area contributed by atoms with Crippen LogP contribution in [0.15, 0.2) is 24.3 Å². The van der Waals surface area contributed by atoms with Crippen LogP contribution in [0.1, 0.15) is 25.2 Å². The molecular weight excluding hydrogens is 286 g/mol. The Bertz CT molecular complexity index is 595. The van der Waals surface area contributed by atoms with E-state index in [-0.39, 0.29) is 11.9 Å². The van der Waals surface area contributed by atoms with Gasteiger partial charge in [-0.3, -0.25) is 4.79 Å². The quantitative estimate of drug-likeness (QED) is 0.830. The lowest BCUT2D eigenvalue weighted by Crippen LogP contribution is -2.15. The Morgan fingerprint density at radius 3 is 2.67 bits per heavy atom. The van der Waals surface area contributed by atoms with Crippen molar-refractivity contribution in [2.45, 2.75) is 26.7 Å². The largest absolute Gasteiger partial charge is 0.469 e. The molecular formula is C15H19N3O2S. The third kappa shape index (κ3) is 4.26. The lowest BCUT2D eigenvalue weighted by molar-refractivity contribution is -0.144. The molecule has 1 heterocycles. The predicted molar refractivity (Wildman–Crippen MR) is 83.9 cm³/mol. The second kappa shape index (κ2) is 7.17. The highest BCUT2D eigenvalue weighted by atomic mass is 32.1. The summed E-state index contributed by atoms with van der Waals surface area (Å²) in [4.78, 5) is 15.8. The first-order valence-corrected chi connectivity index (χ1v) is 7.66. The molecule has 0 bridgehead atoms. The normalized spacial score (nSPS) is 12.0. The Labute approximate surface area is 128 Å². The lowest BCUT2D eigenvalue weighted by atomic mass is 10.0. The molecule has 6 heteroatoms. The van der Waals surface area contributed by atoms with Gasteiger partial charge in [-0.25, -0.2) is 4.98 Å². The molecule has 0 saturated carbocycles. The molecule has 2 aromatic rings. The van der Waals surface area contributed by atoms with Crippen LogP contribution in [-0.2, 0) is 22.4 Å². The summed E-state index contributed by atoms with van der Waals surface area (Å²) in [6.45, 7) is 3.90. The van der Waals surface area contributed by atoms with Gasteiger partial charge in [0, 0.05) is 23.6 Å². The number of carbonyl (C=O) groups excluding carboxylic acids is 1. The summed E-state index contributed by atoms with van der Waals surface area (Å²) in [5.74, 6) is 0.535. The highest BCUT2D eigenvalue weighted by Gasteiger charge is 2.13. The van der Waals surface area contributed by atoms with Crippen molar-refractivity contribution in [1.82, 2.24) is 9.36 Å². The Morgan fingerprint density at radius 2 is 2.10 bits per heavy atom. The highest BCUT2D eigenvalue weighted by Crippen LogP contribution is 2.20. The fraction of sp³-hybridized carbons (Fsp3) is 0.400. The van der Waals surface area contributed by atoms with Crippen molar-refractivity contribution in [2.24, 2.45) is 5.92 Å². The van der Waals surface area contributed by atoms with Crippen molar-refractivity contribution in [1.29, 1.82) is 0 Å². The molecule has 0 fully saturated rings. The van der Waals surface area contributed by atoms with Crippen molar-refractivity contribution < 1.29 is 9.53 Å². The smallest absolute Gasteiger partial charge is 0.308 e. The molecule has 5 nitrogen and oxygen atoms in total. The number of aromatic nitrogens is 2. The van der Waals surface area contributed by atoms with Crippen LogP contribution in [0.3, 0.4) is 0 Å². The van der Waals surface area contributed by atoms with Gasteiger partial charge < -0.3 is 10.1 Å². The van der Waals surface area contributed by atoms with E-state index in [0.717, 1.165) is 28.6 Å². The van der Waals surface area contributed by atoms with Gasteiger partial charge >= 0.3 is 5.97 Å². The second-order valence-corrected chi connectivity index (χ2v) is 5.57. The molecule has 2 rings (SSSR count). The van der Waals surface area contributed by atoms with Gasteiger partial charge in [0.15, 0.2) is 0 Å². The fourth-order valence-electron chi connectivity index (χ4n) is 1.93. The first-order chi connectivity index (χ1) is 10.1. The van der Waals surface area contributed by atoms with Crippen LogP contribution in [0.4, 0.5) is 10.8 Å². The average Bonchev–Trinajstić information content (AvgIpc) is 2.96. The van der Waals surface area contributed by atoms with Crippen molar-refractivity contribution >= 4 is 28.3 Å². The number of anilines is 2. The van der Waals surface area contributed by atoms with Gasteiger partial charge in [0.2, 0.25) is 5.13 Å². The summed E-state index contributed by atoms with van der Waals surface area (Å²) in [5, 5.41) is 4.02. The van der Waals surface area contributed by atoms with E-state index in [1.807, 2.05) is 38.1 Å². The first kappa shape index (κ1) is 15.4. The molecule has 0 aliphatic rings. The number of esters is 1. The van der Waals surface area contributed by atoms with Gasteiger partial charge in [0.05, 0.1) is 13.0 Å². The summed E-state index contributed by atoms with van der Waals surface area (Å²) in [7, 11) is 1.42. The molecule has 1 aromatic carbocycles. The van der Waals surface area contributed by atoms with Gasteiger partial charge in [-0.2, -0.15) is 4.37 Å². The third-order valence-corrected chi connectivity index (χ3v) is 3.80. The minimum absolute atomic E-state index is 0.135.